The van der Waals surface area contributed by atoms with E-state index in [2.05, 4.69) is 19.1 Å². The molecule has 136 valence electrons. The van der Waals surface area contributed by atoms with E-state index in [1.165, 1.54) is 10.6 Å². The first kappa shape index (κ1) is 18.5. The molecule has 4 nitrogen and oxygen atoms in total. The first-order chi connectivity index (χ1) is 12.1. The highest BCUT2D eigenvalue weighted by atomic mass is 32.2. The zero-order chi connectivity index (χ0) is 19.2. The molecule has 0 radical (unpaired) electrons. The molecule has 0 spiro atoms. The first-order valence-electron chi connectivity index (χ1n) is 8.65. The average Bonchev–Trinajstić information content (AvgIpc) is 2.88. The van der Waals surface area contributed by atoms with E-state index in [9.17, 15) is 13.7 Å². The average molecular weight is 369 g/mol. The second-order valence-electron chi connectivity index (χ2n) is 8.10. The maximum atomic E-state index is 12.3. The van der Waals surface area contributed by atoms with Gasteiger partial charge in [-0.25, -0.2) is 8.42 Å². The van der Waals surface area contributed by atoms with Crippen LogP contribution in [0.4, 0.5) is 5.69 Å². The number of anilines is 1. The van der Waals surface area contributed by atoms with Gasteiger partial charge in [-0.05, 0) is 49.1 Å². The number of fused-ring (bicyclic) bond motifs is 1. The van der Waals surface area contributed by atoms with Gasteiger partial charge in [0.05, 0.1) is 23.4 Å². The molecular formula is C21H24N2O2S. The molecule has 0 saturated carbocycles. The lowest BCUT2D eigenvalue weighted by Crippen LogP contribution is -2.37. The smallest absolute Gasteiger partial charge is 0.232 e. The molecule has 1 aliphatic rings. The monoisotopic (exact) mass is 368 g/mol. The van der Waals surface area contributed by atoms with Gasteiger partial charge in [-0.2, -0.15) is 5.26 Å². The summed E-state index contributed by atoms with van der Waals surface area (Å²) in [5, 5.41) is 9.49. The minimum absolute atomic E-state index is 0.366. The van der Waals surface area contributed by atoms with E-state index in [1.54, 1.807) is 0 Å². The van der Waals surface area contributed by atoms with Crippen molar-refractivity contribution < 1.29 is 8.42 Å². The third kappa shape index (κ3) is 3.34. The number of sulfonamides is 1. The fraction of sp³-hybridized carbons (Fsp3) is 0.381. The van der Waals surface area contributed by atoms with Crippen LogP contribution in [-0.4, -0.2) is 21.2 Å². The Balaban J connectivity index is 2.16. The molecule has 26 heavy (non-hydrogen) atoms. The molecule has 3 rings (SSSR count). The summed E-state index contributed by atoms with van der Waals surface area (Å²) >= 11 is 0. The van der Waals surface area contributed by atoms with Gasteiger partial charge in [-0.15, -0.1) is 0 Å². The third-order valence-corrected chi connectivity index (χ3v) is 6.18. The Morgan fingerprint density at radius 1 is 1.15 bits per heavy atom. The zero-order valence-electron chi connectivity index (χ0n) is 15.7. The normalized spacial score (nSPS) is 19.9. The second-order valence-corrected chi connectivity index (χ2v) is 10.0. The summed E-state index contributed by atoms with van der Waals surface area (Å²) in [6.07, 6.45) is 1.83. The summed E-state index contributed by atoms with van der Waals surface area (Å²) in [6.45, 7) is 6.24. The topological polar surface area (TPSA) is 61.2 Å². The van der Waals surface area contributed by atoms with Crippen molar-refractivity contribution in [3.8, 4) is 17.2 Å². The van der Waals surface area contributed by atoms with E-state index in [-0.39, 0.29) is 0 Å². The largest absolute Gasteiger partial charge is 0.269 e. The van der Waals surface area contributed by atoms with Crippen LogP contribution < -0.4 is 4.31 Å². The van der Waals surface area contributed by atoms with E-state index in [1.807, 2.05) is 56.3 Å². The van der Waals surface area contributed by atoms with Crippen molar-refractivity contribution in [3.05, 3.63) is 54.1 Å². The van der Waals surface area contributed by atoms with Gasteiger partial charge in [0, 0.05) is 12.0 Å². The van der Waals surface area contributed by atoms with E-state index < -0.39 is 20.9 Å². The Bertz CT molecular complexity index is 975. The molecule has 2 aromatic rings. The van der Waals surface area contributed by atoms with Gasteiger partial charge in [0.1, 0.15) is 0 Å². The van der Waals surface area contributed by atoms with Gasteiger partial charge in [0.25, 0.3) is 0 Å². The lowest BCUT2D eigenvalue weighted by Gasteiger charge is -2.31. The quantitative estimate of drug-likeness (QED) is 0.807. The van der Waals surface area contributed by atoms with Crippen LogP contribution in [0.1, 0.15) is 32.8 Å². The van der Waals surface area contributed by atoms with Crippen molar-refractivity contribution in [1.29, 1.82) is 5.26 Å². The Kier molecular flexibility index (Phi) is 4.36. The van der Waals surface area contributed by atoms with Crippen LogP contribution in [0.3, 0.4) is 0 Å². The van der Waals surface area contributed by atoms with Gasteiger partial charge >= 0.3 is 0 Å². The predicted molar refractivity (Wildman–Crippen MR) is 105 cm³/mol. The SMILES string of the molecule is CC(C)(C#N)CC1(C)CN(S(C)(=O)=O)c2ccc(-c3ccccc3)cc21. The van der Waals surface area contributed by atoms with E-state index in [0.717, 1.165) is 22.4 Å². The van der Waals surface area contributed by atoms with Gasteiger partial charge in [-0.1, -0.05) is 43.3 Å². The number of nitriles is 1. The summed E-state index contributed by atoms with van der Waals surface area (Å²) in [7, 11) is -3.38. The lowest BCUT2D eigenvalue weighted by atomic mass is 9.71. The van der Waals surface area contributed by atoms with E-state index in [0.29, 0.717) is 13.0 Å². The fourth-order valence-corrected chi connectivity index (χ4v) is 5.03. The highest BCUT2D eigenvalue weighted by Gasteiger charge is 2.45. The molecule has 1 aliphatic heterocycles. The standard InChI is InChI=1S/C21H24N2O2S/c1-20(2,14-22)13-21(3)15-23(26(4,24)25)19-11-10-17(12-18(19)21)16-8-6-5-7-9-16/h5-12H,13,15H2,1-4H3. The first-order valence-corrected chi connectivity index (χ1v) is 10.5. The number of benzene rings is 2. The van der Waals surface area contributed by atoms with E-state index in [4.69, 9.17) is 0 Å². The molecule has 1 atom stereocenters. The van der Waals surface area contributed by atoms with Crippen LogP contribution in [0, 0.1) is 16.7 Å². The molecule has 0 aliphatic carbocycles. The summed E-state index contributed by atoms with van der Waals surface area (Å²) < 4.78 is 26.1. The van der Waals surface area contributed by atoms with Crippen LogP contribution in [-0.2, 0) is 15.4 Å². The molecule has 0 N–H and O–H groups in total. The predicted octanol–water partition coefficient (Wildman–Crippen LogP) is 4.33. The maximum Gasteiger partial charge on any atom is 0.232 e. The highest BCUT2D eigenvalue weighted by molar-refractivity contribution is 7.92. The van der Waals surface area contributed by atoms with Crippen LogP contribution >= 0.6 is 0 Å². The van der Waals surface area contributed by atoms with Crippen molar-refractivity contribution in [2.24, 2.45) is 5.41 Å². The summed E-state index contributed by atoms with van der Waals surface area (Å²) in [5.74, 6) is 0. The number of hydrogen-bond acceptors (Lipinski definition) is 3. The second kappa shape index (κ2) is 6.14. The minimum atomic E-state index is -3.38. The summed E-state index contributed by atoms with van der Waals surface area (Å²) in [4.78, 5) is 0. The molecule has 0 fully saturated rings. The lowest BCUT2D eigenvalue weighted by molar-refractivity contribution is 0.326. The van der Waals surface area contributed by atoms with Crippen LogP contribution in [0.25, 0.3) is 11.1 Å². The van der Waals surface area contributed by atoms with Crippen molar-refractivity contribution in [3.63, 3.8) is 0 Å². The van der Waals surface area contributed by atoms with Crippen LogP contribution in [0.2, 0.25) is 0 Å². The van der Waals surface area contributed by atoms with Gasteiger partial charge in [0.2, 0.25) is 10.0 Å². The molecular weight excluding hydrogens is 344 g/mol. The number of hydrogen-bond donors (Lipinski definition) is 0. The Morgan fingerprint density at radius 3 is 2.38 bits per heavy atom. The molecule has 1 unspecified atom stereocenters. The Labute approximate surface area is 156 Å². The minimum Gasteiger partial charge on any atom is -0.269 e. The van der Waals surface area contributed by atoms with Crippen LogP contribution in [0.5, 0.6) is 0 Å². The maximum absolute atomic E-state index is 12.3. The molecule has 5 heteroatoms. The molecule has 0 saturated heterocycles. The number of nitrogens with zero attached hydrogens (tertiary/aromatic N) is 2. The number of rotatable bonds is 4. The van der Waals surface area contributed by atoms with E-state index >= 15 is 0 Å². The zero-order valence-corrected chi connectivity index (χ0v) is 16.5. The van der Waals surface area contributed by atoms with Crippen molar-refractivity contribution >= 4 is 15.7 Å². The summed E-state index contributed by atoms with van der Waals surface area (Å²) in [5.41, 5.74) is 2.91. The third-order valence-electron chi connectivity index (χ3n) is 5.05. The highest BCUT2D eigenvalue weighted by Crippen LogP contribution is 2.48. The molecule has 0 aromatic heterocycles. The molecule has 0 bridgehead atoms. The molecule has 0 amide bonds. The molecule has 2 aromatic carbocycles. The van der Waals surface area contributed by atoms with Crippen molar-refractivity contribution in [1.82, 2.24) is 0 Å². The summed E-state index contributed by atoms with van der Waals surface area (Å²) in [6, 6.07) is 18.3. The molecule has 1 heterocycles. The van der Waals surface area contributed by atoms with Gasteiger partial charge in [-0.3, -0.25) is 4.31 Å². The van der Waals surface area contributed by atoms with Gasteiger partial charge < -0.3 is 0 Å². The fourth-order valence-electron chi connectivity index (χ4n) is 4.00. The van der Waals surface area contributed by atoms with Crippen molar-refractivity contribution in [2.45, 2.75) is 32.6 Å². The Hall–Kier alpha value is -2.32. The van der Waals surface area contributed by atoms with Gasteiger partial charge in [0.15, 0.2) is 0 Å². The van der Waals surface area contributed by atoms with Crippen LogP contribution in [0.15, 0.2) is 48.5 Å². The van der Waals surface area contributed by atoms with Crippen molar-refractivity contribution in [2.75, 3.05) is 17.1 Å². The Morgan fingerprint density at radius 2 is 1.81 bits per heavy atom.